The molecule has 0 unspecified atom stereocenters. The smallest absolute Gasteiger partial charge is 0.271 e. The fraction of sp³-hybridized carbons (Fsp3) is 0.389. The fourth-order valence-corrected chi connectivity index (χ4v) is 2.21. The van der Waals surface area contributed by atoms with Crippen molar-refractivity contribution in [2.75, 3.05) is 0 Å². The molecule has 3 aromatic heterocycles. The minimum absolute atomic E-state index is 0.0532. The molecule has 26 heavy (non-hydrogen) atoms. The summed E-state index contributed by atoms with van der Waals surface area (Å²) in [4.78, 5) is 24.9. The van der Waals surface area contributed by atoms with E-state index in [4.69, 9.17) is 4.52 Å². The van der Waals surface area contributed by atoms with E-state index in [2.05, 4.69) is 25.4 Å². The van der Waals surface area contributed by atoms with Crippen molar-refractivity contribution in [1.29, 1.82) is 0 Å². The molecule has 8 heteroatoms. The zero-order valence-electron chi connectivity index (χ0n) is 15.5. The van der Waals surface area contributed by atoms with Crippen LogP contribution in [0.2, 0.25) is 0 Å². The summed E-state index contributed by atoms with van der Waals surface area (Å²) >= 11 is 0. The van der Waals surface area contributed by atoms with Crippen LogP contribution in [-0.4, -0.2) is 36.6 Å². The van der Waals surface area contributed by atoms with Gasteiger partial charge < -0.3 is 9.84 Å². The van der Waals surface area contributed by atoms with Crippen LogP contribution in [-0.2, 0) is 5.41 Å². The molecule has 0 saturated carbocycles. The molecule has 0 aliphatic rings. The third-order valence-corrected chi connectivity index (χ3v) is 3.59. The highest BCUT2D eigenvalue weighted by Gasteiger charge is 2.21. The lowest BCUT2D eigenvalue weighted by Gasteiger charge is -2.10. The highest BCUT2D eigenvalue weighted by molar-refractivity contribution is 5.92. The number of hydrogen-bond acceptors (Lipinski definition) is 6. The van der Waals surface area contributed by atoms with E-state index in [-0.39, 0.29) is 17.4 Å². The van der Waals surface area contributed by atoms with Crippen molar-refractivity contribution in [1.82, 2.24) is 30.0 Å². The van der Waals surface area contributed by atoms with E-state index in [1.165, 1.54) is 0 Å². The summed E-state index contributed by atoms with van der Waals surface area (Å²) in [5, 5.41) is 6.82. The van der Waals surface area contributed by atoms with Crippen molar-refractivity contribution < 1.29 is 9.32 Å². The third-order valence-electron chi connectivity index (χ3n) is 3.59. The molecule has 8 nitrogen and oxygen atoms in total. The van der Waals surface area contributed by atoms with E-state index < -0.39 is 0 Å². The maximum atomic E-state index is 12.0. The van der Waals surface area contributed by atoms with Gasteiger partial charge in [0, 0.05) is 23.9 Å². The van der Waals surface area contributed by atoms with Crippen LogP contribution in [0.1, 0.15) is 50.9 Å². The third kappa shape index (κ3) is 3.79. The lowest BCUT2D eigenvalue weighted by Crippen LogP contribution is -2.30. The van der Waals surface area contributed by atoms with Gasteiger partial charge >= 0.3 is 0 Å². The monoisotopic (exact) mass is 354 g/mol. The molecule has 0 aliphatic heterocycles. The SMILES string of the molecule is CC(C)NC(=O)c1cn(-c2ccc(-c3nc(C(C)(C)C)no3)cn2)cn1. The van der Waals surface area contributed by atoms with Crippen molar-refractivity contribution in [3.8, 4) is 17.3 Å². The Morgan fingerprint density at radius 3 is 2.58 bits per heavy atom. The average Bonchev–Trinajstić information content (AvgIpc) is 3.24. The Bertz CT molecular complexity index is 902. The molecule has 0 saturated heterocycles. The van der Waals surface area contributed by atoms with Crippen LogP contribution in [0, 0.1) is 0 Å². The minimum atomic E-state index is -0.212. The van der Waals surface area contributed by atoms with Crippen molar-refractivity contribution in [2.24, 2.45) is 0 Å². The number of pyridine rings is 1. The predicted octanol–water partition coefficient (Wildman–Crippen LogP) is 2.75. The molecule has 0 bridgehead atoms. The zero-order chi connectivity index (χ0) is 18.9. The number of nitrogens with one attached hydrogen (secondary N) is 1. The Labute approximate surface area is 151 Å². The molecule has 3 heterocycles. The fourth-order valence-electron chi connectivity index (χ4n) is 2.21. The number of amides is 1. The Morgan fingerprint density at radius 2 is 2.00 bits per heavy atom. The summed E-state index contributed by atoms with van der Waals surface area (Å²) in [6.07, 6.45) is 4.86. The van der Waals surface area contributed by atoms with Crippen LogP contribution in [0.5, 0.6) is 0 Å². The maximum Gasteiger partial charge on any atom is 0.271 e. The quantitative estimate of drug-likeness (QED) is 0.773. The van der Waals surface area contributed by atoms with E-state index >= 15 is 0 Å². The van der Waals surface area contributed by atoms with Crippen LogP contribution in [0.25, 0.3) is 17.3 Å². The van der Waals surface area contributed by atoms with Gasteiger partial charge in [-0.15, -0.1) is 0 Å². The topological polar surface area (TPSA) is 98.7 Å². The van der Waals surface area contributed by atoms with E-state index in [0.717, 1.165) is 5.56 Å². The molecular formula is C18H22N6O2. The minimum Gasteiger partial charge on any atom is -0.348 e. The first-order valence-electron chi connectivity index (χ1n) is 8.40. The highest BCUT2D eigenvalue weighted by atomic mass is 16.5. The molecule has 3 rings (SSSR count). The Morgan fingerprint density at radius 1 is 1.23 bits per heavy atom. The lowest BCUT2D eigenvalue weighted by molar-refractivity contribution is 0.0938. The molecule has 1 amide bonds. The van der Waals surface area contributed by atoms with Gasteiger partial charge in [0.1, 0.15) is 17.8 Å². The number of aromatic nitrogens is 5. The Kier molecular flexibility index (Phi) is 4.58. The Balaban J connectivity index is 1.79. The van der Waals surface area contributed by atoms with Crippen molar-refractivity contribution >= 4 is 5.91 Å². The second-order valence-electron chi connectivity index (χ2n) is 7.37. The highest BCUT2D eigenvalue weighted by Crippen LogP contribution is 2.23. The summed E-state index contributed by atoms with van der Waals surface area (Å²) in [5.41, 5.74) is 0.893. The van der Waals surface area contributed by atoms with E-state index in [0.29, 0.717) is 23.2 Å². The normalized spacial score (nSPS) is 11.8. The van der Waals surface area contributed by atoms with E-state index in [9.17, 15) is 4.79 Å². The summed E-state index contributed by atoms with van der Waals surface area (Å²) in [5.74, 6) is 1.50. The van der Waals surface area contributed by atoms with Gasteiger partial charge in [-0.2, -0.15) is 4.98 Å². The number of carbonyl (C=O) groups is 1. The van der Waals surface area contributed by atoms with Gasteiger partial charge in [-0.05, 0) is 26.0 Å². The van der Waals surface area contributed by atoms with Gasteiger partial charge in [-0.25, -0.2) is 9.97 Å². The molecule has 0 fully saturated rings. The summed E-state index contributed by atoms with van der Waals surface area (Å²) < 4.78 is 7.01. The molecule has 1 N–H and O–H groups in total. The van der Waals surface area contributed by atoms with Gasteiger partial charge in [-0.1, -0.05) is 25.9 Å². The molecule has 0 aromatic carbocycles. The maximum absolute atomic E-state index is 12.0. The lowest BCUT2D eigenvalue weighted by atomic mass is 9.96. The van der Waals surface area contributed by atoms with Crippen LogP contribution in [0.15, 0.2) is 35.4 Å². The van der Waals surface area contributed by atoms with Crippen LogP contribution in [0.3, 0.4) is 0 Å². The molecule has 136 valence electrons. The summed E-state index contributed by atoms with van der Waals surface area (Å²) in [7, 11) is 0. The van der Waals surface area contributed by atoms with Gasteiger partial charge in [-0.3, -0.25) is 9.36 Å². The van der Waals surface area contributed by atoms with Gasteiger partial charge in [0.15, 0.2) is 5.82 Å². The van der Waals surface area contributed by atoms with Crippen LogP contribution < -0.4 is 5.32 Å². The molecular weight excluding hydrogens is 332 g/mol. The number of carbonyl (C=O) groups excluding carboxylic acids is 1. The molecule has 0 radical (unpaired) electrons. The van der Waals surface area contributed by atoms with Crippen LogP contribution >= 0.6 is 0 Å². The largest absolute Gasteiger partial charge is 0.348 e. The van der Waals surface area contributed by atoms with E-state index in [1.54, 1.807) is 23.3 Å². The average molecular weight is 354 g/mol. The number of rotatable bonds is 4. The summed E-state index contributed by atoms with van der Waals surface area (Å²) in [6.45, 7) is 9.87. The van der Waals surface area contributed by atoms with Crippen molar-refractivity contribution in [3.63, 3.8) is 0 Å². The van der Waals surface area contributed by atoms with Gasteiger partial charge in [0.2, 0.25) is 0 Å². The molecule has 0 aliphatic carbocycles. The predicted molar refractivity (Wildman–Crippen MR) is 96.0 cm³/mol. The first-order valence-corrected chi connectivity index (χ1v) is 8.40. The van der Waals surface area contributed by atoms with Crippen molar-refractivity contribution in [3.05, 3.63) is 42.4 Å². The molecule has 0 spiro atoms. The van der Waals surface area contributed by atoms with Crippen molar-refractivity contribution in [2.45, 2.75) is 46.1 Å². The van der Waals surface area contributed by atoms with Gasteiger partial charge in [0.05, 0.1) is 5.56 Å². The second-order valence-corrected chi connectivity index (χ2v) is 7.37. The molecule has 0 atom stereocenters. The van der Waals surface area contributed by atoms with Gasteiger partial charge in [0.25, 0.3) is 11.8 Å². The zero-order valence-corrected chi connectivity index (χ0v) is 15.5. The first kappa shape index (κ1) is 17.8. The summed E-state index contributed by atoms with van der Waals surface area (Å²) in [6, 6.07) is 3.70. The number of nitrogens with zero attached hydrogens (tertiary/aromatic N) is 5. The Hall–Kier alpha value is -3.03. The second kappa shape index (κ2) is 6.70. The number of imidazole rings is 1. The first-order chi connectivity index (χ1) is 12.2. The van der Waals surface area contributed by atoms with Crippen LogP contribution in [0.4, 0.5) is 0 Å². The standard InChI is InChI=1S/C18H22N6O2/c1-11(2)21-15(25)13-9-24(10-20-13)14-7-6-12(8-19-14)16-22-17(23-26-16)18(3,4)5/h6-11H,1-5H3,(H,21,25). The van der Waals surface area contributed by atoms with E-state index in [1.807, 2.05) is 46.8 Å². The molecule has 3 aromatic rings. The number of hydrogen-bond donors (Lipinski definition) is 1.